The summed E-state index contributed by atoms with van der Waals surface area (Å²) >= 11 is 0. The topological polar surface area (TPSA) is 63.6 Å². The number of rotatable bonds is 2. The van der Waals surface area contributed by atoms with Gasteiger partial charge in [0.05, 0.1) is 5.69 Å². The van der Waals surface area contributed by atoms with E-state index in [0.717, 1.165) is 29.4 Å². The third-order valence-corrected chi connectivity index (χ3v) is 5.64. The molecule has 1 atom stereocenters. The number of aromatic amines is 1. The third kappa shape index (κ3) is 2.93. The second kappa shape index (κ2) is 6.62. The van der Waals surface area contributed by atoms with Crippen molar-refractivity contribution in [2.75, 3.05) is 0 Å². The Hall–Kier alpha value is -3.35. The van der Waals surface area contributed by atoms with E-state index in [4.69, 9.17) is 0 Å². The van der Waals surface area contributed by atoms with E-state index in [-0.39, 0.29) is 11.3 Å². The van der Waals surface area contributed by atoms with E-state index in [2.05, 4.69) is 15.1 Å². The highest BCUT2D eigenvalue weighted by Crippen LogP contribution is 2.30. The van der Waals surface area contributed by atoms with Gasteiger partial charge in [-0.3, -0.25) is 4.79 Å². The summed E-state index contributed by atoms with van der Waals surface area (Å²) in [6.07, 6.45) is 1.45. The number of hydrogen-bond acceptors (Lipinski definition) is 3. The monoisotopic (exact) mass is 392 g/mol. The smallest absolute Gasteiger partial charge is 0.198 e. The van der Waals surface area contributed by atoms with E-state index >= 15 is 0 Å². The molecule has 4 aromatic rings. The van der Waals surface area contributed by atoms with Gasteiger partial charge in [-0.2, -0.15) is 0 Å². The first-order chi connectivity index (χ1) is 14.0. The molecule has 0 saturated carbocycles. The average Bonchev–Trinajstić information content (AvgIpc) is 3.16. The van der Waals surface area contributed by atoms with Crippen LogP contribution in [0.2, 0.25) is 0 Å². The minimum atomic E-state index is -0.843. The number of benzene rings is 2. The van der Waals surface area contributed by atoms with E-state index in [1.165, 1.54) is 6.07 Å². The number of H-pyrrole nitrogens is 1. The Morgan fingerprint density at radius 1 is 1.14 bits per heavy atom. The molecular formula is C22H18F2N4O. The molecule has 5 nitrogen and oxygen atoms in total. The predicted molar refractivity (Wildman–Crippen MR) is 106 cm³/mol. The molecule has 146 valence electrons. The first-order valence-electron chi connectivity index (χ1n) is 9.52. The maximum Gasteiger partial charge on any atom is 0.198 e. The van der Waals surface area contributed by atoms with Gasteiger partial charge in [-0.25, -0.2) is 18.4 Å². The number of aryl methyl sites for hydroxylation is 1. The van der Waals surface area contributed by atoms with Gasteiger partial charge in [0.1, 0.15) is 5.82 Å². The summed E-state index contributed by atoms with van der Waals surface area (Å²) < 4.78 is 28.7. The molecule has 3 heterocycles. The maximum absolute atomic E-state index is 13.6. The van der Waals surface area contributed by atoms with Crippen LogP contribution in [0.5, 0.6) is 0 Å². The second-order valence-corrected chi connectivity index (χ2v) is 7.44. The number of nitrogens with one attached hydrogen (secondary N) is 1. The van der Waals surface area contributed by atoms with Crippen molar-refractivity contribution in [3.05, 3.63) is 81.3 Å². The summed E-state index contributed by atoms with van der Waals surface area (Å²) in [5.74, 6) is -0.344. The molecule has 5 rings (SSSR count). The zero-order chi connectivity index (χ0) is 20.1. The van der Waals surface area contributed by atoms with Crippen LogP contribution in [0.4, 0.5) is 8.78 Å². The zero-order valence-corrected chi connectivity index (χ0v) is 15.7. The zero-order valence-electron chi connectivity index (χ0n) is 15.7. The van der Waals surface area contributed by atoms with Gasteiger partial charge in [-0.05, 0) is 43.2 Å². The van der Waals surface area contributed by atoms with Crippen LogP contribution < -0.4 is 5.43 Å². The highest BCUT2D eigenvalue weighted by atomic mass is 19.2. The van der Waals surface area contributed by atoms with Gasteiger partial charge in [0.2, 0.25) is 0 Å². The van der Waals surface area contributed by atoms with Gasteiger partial charge in [0.25, 0.3) is 0 Å². The lowest BCUT2D eigenvalue weighted by Crippen LogP contribution is -2.20. The molecular weight excluding hydrogens is 374 g/mol. The van der Waals surface area contributed by atoms with E-state index in [9.17, 15) is 13.6 Å². The van der Waals surface area contributed by atoms with Crippen molar-refractivity contribution in [2.24, 2.45) is 0 Å². The molecule has 1 N–H and O–H groups in total. The fourth-order valence-corrected chi connectivity index (χ4v) is 4.01. The van der Waals surface area contributed by atoms with Gasteiger partial charge in [0, 0.05) is 35.3 Å². The lowest BCUT2D eigenvalue weighted by Gasteiger charge is -2.22. The van der Waals surface area contributed by atoms with Crippen molar-refractivity contribution in [1.29, 1.82) is 0 Å². The van der Waals surface area contributed by atoms with Gasteiger partial charge in [0.15, 0.2) is 22.9 Å². The molecule has 0 aliphatic carbocycles. The molecule has 0 bridgehead atoms. The molecule has 1 aliphatic heterocycles. The number of para-hydroxylation sites is 1. The van der Waals surface area contributed by atoms with Crippen LogP contribution >= 0.6 is 0 Å². The summed E-state index contributed by atoms with van der Waals surface area (Å²) in [5.41, 5.74) is 2.64. The van der Waals surface area contributed by atoms with E-state index in [1.807, 2.05) is 18.2 Å². The fourth-order valence-electron chi connectivity index (χ4n) is 4.01. The first-order valence-corrected chi connectivity index (χ1v) is 9.52. The lowest BCUT2D eigenvalue weighted by atomic mass is 9.92. The van der Waals surface area contributed by atoms with Crippen molar-refractivity contribution in [1.82, 2.24) is 19.7 Å². The van der Waals surface area contributed by atoms with Crippen molar-refractivity contribution in [2.45, 2.75) is 32.2 Å². The van der Waals surface area contributed by atoms with Crippen LogP contribution in [0.25, 0.3) is 22.4 Å². The largest absolute Gasteiger partial charge is 0.351 e. The SMILES string of the molecule is Cc1c(-c2nc3n(n2)CC(c2ccc(F)c(F)c2)CC3)[nH]c2ccccc2c1=O. The van der Waals surface area contributed by atoms with Crippen LogP contribution in [0.3, 0.4) is 0 Å². The normalized spacial score (nSPS) is 16.2. The summed E-state index contributed by atoms with van der Waals surface area (Å²) in [6, 6.07) is 11.4. The standard InChI is InChI=1S/C22H18F2N4O/c1-12-20(25-18-5-3-2-4-15(18)21(12)29)22-26-19-9-7-14(11-28(19)27-22)13-6-8-16(23)17(24)10-13/h2-6,8,10,14H,7,9,11H2,1H3,(H,25,29). The summed E-state index contributed by atoms with van der Waals surface area (Å²) in [4.78, 5) is 20.6. The first kappa shape index (κ1) is 17.7. The summed E-state index contributed by atoms with van der Waals surface area (Å²) in [7, 11) is 0. The Balaban J connectivity index is 1.53. The minimum absolute atomic E-state index is 0.0314. The van der Waals surface area contributed by atoms with Gasteiger partial charge in [-0.15, -0.1) is 5.10 Å². The van der Waals surface area contributed by atoms with Crippen LogP contribution in [-0.4, -0.2) is 19.7 Å². The average molecular weight is 392 g/mol. The van der Waals surface area contributed by atoms with Gasteiger partial charge < -0.3 is 4.98 Å². The maximum atomic E-state index is 13.6. The number of halogens is 2. The van der Waals surface area contributed by atoms with Gasteiger partial charge in [-0.1, -0.05) is 18.2 Å². The molecule has 0 saturated heterocycles. The van der Waals surface area contributed by atoms with E-state index in [0.29, 0.717) is 35.4 Å². The van der Waals surface area contributed by atoms with Crippen LogP contribution in [0.1, 0.15) is 29.3 Å². The van der Waals surface area contributed by atoms with Crippen molar-refractivity contribution < 1.29 is 8.78 Å². The van der Waals surface area contributed by atoms with Crippen molar-refractivity contribution >= 4 is 10.9 Å². The highest BCUT2D eigenvalue weighted by molar-refractivity contribution is 5.82. The van der Waals surface area contributed by atoms with Crippen molar-refractivity contribution in [3.8, 4) is 11.5 Å². The molecule has 1 aliphatic rings. The molecule has 2 aromatic carbocycles. The van der Waals surface area contributed by atoms with Crippen LogP contribution in [0.15, 0.2) is 47.3 Å². The minimum Gasteiger partial charge on any atom is -0.351 e. The Morgan fingerprint density at radius 2 is 1.97 bits per heavy atom. The molecule has 0 radical (unpaired) electrons. The Labute approximate surface area is 165 Å². The summed E-state index contributed by atoms with van der Waals surface area (Å²) in [5, 5.41) is 5.25. The quantitative estimate of drug-likeness (QED) is 0.559. The number of fused-ring (bicyclic) bond motifs is 2. The van der Waals surface area contributed by atoms with E-state index in [1.54, 1.807) is 23.7 Å². The number of aromatic nitrogens is 4. The molecule has 7 heteroatoms. The van der Waals surface area contributed by atoms with Gasteiger partial charge >= 0.3 is 0 Å². The Kier molecular flexibility index (Phi) is 4.04. The fraction of sp³-hybridized carbons (Fsp3) is 0.227. The predicted octanol–water partition coefficient (Wildman–Crippen LogP) is 4.10. The summed E-state index contributed by atoms with van der Waals surface area (Å²) in [6.45, 7) is 2.30. The Bertz CT molecular complexity index is 1310. The molecule has 29 heavy (non-hydrogen) atoms. The molecule has 0 fully saturated rings. The molecule has 2 aromatic heterocycles. The van der Waals surface area contributed by atoms with Crippen LogP contribution in [-0.2, 0) is 13.0 Å². The molecule has 0 amide bonds. The lowest BCUT2D eigenvalue weighted by molar-refractivity contribution is 0.420. The number of pyridine rings is 1. The van der Waals surface area contributed by atoms with Crippen molar-refractivity contribution in [3.63, 3.8) is 0 Å². The molecule has 0 spiro atoms. The second-order valence-electron chi connectivity index (χ2n) is 7.44. The van der Waals surface area contributed by atoms with E-state index < -0.39 is 11.6 Å². The van der Waals surface area contributed by atoms with Crippen LogP contribution in [0, 0.1) is 18.6 Å². The highest BCUT2D eigenvalue weighted by Gasteiger charge is 2.25. The molecule has 1 unspecified atom stereocenters. The Morgan fingerprint density at radius 3 is 2.79 bits per heavy atom. The third-order valence-electron chi connectivity index (χ3n) is 5.64. The number of nitrogens with zero attached hydrogens (tertiary/aromatic N) is 3. The number of hydrogen-bond donors (Lipinski definition) is 1.